The summed E-state index contributed by atoms with van der Waals surface area (Å²) >= 11 is 1.81. The third-order valence-electron chi connectivity index (χ3n) is 9.69. The Bertz CT molecular complexity index is 2910. The van der Waals surface area contributed by atoms with Crippen molar-refractivity contribution in [2.24, 2.45) is 0 Å². The highest BCUT2D eigenvalue weighted by molar-refractivity contribution is 7.26. The molecule has 0 N–H and O–H groups in total. The molecule has 4 heteroatoms. The largest absolute Gasteiger partial charge is 0.208 e. The maximum absolute atomic E-state index is 5.30. The summed E-state index contributed by atoms with van der Waals surface area (Å²) in [5.74, 6) is 1.95. The lowest BCUT2D eigenvalue weighted by atomic mass is 9.92. The first-order valence-electron chi connectivity index (χ1n) is 17.1. The Kier molecular flexibility index (Phi) is 7.00. The third-order valence-corrected chi connectivity index (χ3v) is 10.8. The van der Waals surface area contributed by atoms with Crippen molar-refractivity contribution in [3.63, 3.8) is 0 Å². The molecular formula is C47H29N3S. The van der Waals surface area contributed by atoms with E-state index in [1.165, 1.54) is 47.3 Å². The minimum Gasteiger partial charge on any atom is -0.208 e. The Morgan fingerprint density at radius 3 is 1.71 bits per heavy atom. The number of benzene rings is 8. The number of hydrogen-bond acceptors (Lipinski definition) is 4. The van der Waals surface area contributed by atoms with Crippen molar-refractivity contribution in [2.75, 3.05) is 0 Å². The molecule has 2 aromatic heterocycles. The van der Waals surface area contributed by atoms with E-state index in [-0.39, 0.29) is 0 Å². The molecule has 51 heavy (non-hydrogen) atoms. The second kappa shape index (κ2) is 12.1. The quantitative estimate of drug-likeness (QED) is 0.171. The predicted molar refractivity (Wildman–Crippen MR) is 215 cm³/mol. The van der Waals surface area contributed by atoms with Gasteiger partial charge >= 0.3 is 0 Å². The Morgan fingerprint density at radius 2 is 0.902 bits per heavy atom. The Morgan fingerprint density at radius 1 is 0.314 bits per heavy atom. The highest BCUT2D eigenvalue weighted by atomic mass is 32.1. The molecule has 0 fully saturated rings. The molecule has 3 nitrogen and oxygen atoms in total. The van der Waals surface area contributed by atoms with Gasteiger partial charge in [0, 0.05) is 36.9 Å². The molecule has 0 aliphatic heterocycles. The first kappa shape index (κ1) is 29.4. The van der Waals surface area contributed by atoms with E-state index in [1.807, 2.05) is 29.5 Å². The van der Waals surface area contributed by atoms with E-state index in [1.54, 1.807) is 0 Å². The van der Waals surface area contributed by atoms with Crippen molar-refractivity contribution >= 4 is 53.1 Å². The molecule has 0 bridgehead atoms. The fourth-order valence-electron chi connectivity index (χ4n) is 7.29. The molecule has 0 radical (unpaired) electrons. The van der Waals surface area contributed by atoms with Crippen LogP contribution in [0.2, 0.25) is 0 Å². The molecule has 0 saturated carbocycles. The number of hydrogen-bond donors (Lipinski definition) is 0. The Labute approximate surface area is 299 Å². The molecule has 8 aromatic carbocycles. The number of fused-ring (bicyclic) bond motifs is 6. The Balaban J connectivity index is 1.22. The molecule has 10 aromatic rings. The summed E-state index contributed by atoms with van der Waals surface area (Å²) in [6.07, 6.45) is 0. The summed E-state index contributed by atoms with van der Waals surface area (Å²) in [4.78, 5) is 15.6. The SMILES string of the molecule is c1ccc(-c2cc(-c3nc(-c4ccccc4)nc(-c4cccc(-c5cc6ccccc6c6ccccc56)c4)n3)c3c(c2)sc2ccccc23)cc1. The van der Waals surface area contributed by atoms with Gasteiger partial charge in [0.25, 0.3) is 0 Å². The van der Waals surface area contributed by atoms with E-state index in [4.69, 9.17) is 15.0 Å². The number of aromatic nitrogens is 3. The van der Waals surface area contributed by atoms with Gasteiger partial charge in [-0.2, -0.15) is 0 Å². The summed E-state index contributed by atoms with van der Waals surface area (Å²) in [6.45, 7) is 0. The van der Waals surface area contributed by atoms with E-state index in [0.29, 0.717) is 17.5 Å². The fraction of sp³-hybridized carbons (Fsp3) is 0. The molecular weight excluding hydrogens is 639 g/mol. The van der Waals surface area contributed by atoms with Gasteiger partial charge in [0.15, 0.2) is 17.5 Å². The van der Waals surface area contributed by atoms with Crippen molar-refractivity contribution in [1.82, 2.24) is 15.0 Å². The summed E-state index contributed by atoms with van der Waals surface area (Å²) in [5, 5.41) is 7.32. The standard InChI is InChI=1S/C47H29N3S/c1-3-14-30(15-4-1)35-28-41(44-39-24-11-12-25-42(39)51-43(44)29-35)47-49-45(31-16-5-2-6-17-31)48-46(50-47)34-20-13-19-32(26-34)40-27-33-18-7-8-21-36(33)37-22-9-10-23-38(37)40/h1-29H. The minimum absolute atomic E-state index is 0.642. The molecule has 0 atom stereocenters. The maximum atomic E-state index is 5.30. The van der Waals surface area contributed by atoms with Crippen LogP contribution < -0.4 is 0 Å². The van der Waals surface area contributed by atoms with Crippen LogP contribution in [0.4, 0.5) is 0 Å². The van der Waals surface area contributed by atoms with Gasteiger partial charge in [-0.3, -0.25) is 0 Å². The van der Waals surface area contributed by atoms with Crippen LogP contribution in [-0.4, -0.2) is 15.0 Å². The summed E-state index contributed by atoms with van der Waals surface area (Å²) in [6, 6.07) is 62.2. The zero-order valence-corrected chi connectivity index (χ0v) is 28.3. The third kappa shape index (κ3) is 5.16. The van der Waals surface area contributed by atoms with E-state index in [9.17, 15) is 0 Å². The summed E-state index contributed by atoms with van der Waals surface area (Å²) in [5.41, 5.74) is 7.49. The highest BCUT2D eigenvalue weighted by Crippen LogP contribution is 2.43. The average molecular weight is 668 g/mol. The molecule has 0 spiro atoms. The first-order valence-corrected chi connectivity index (χ1v) is 17.9. The van der Waals surface area contributed by atoms with Crippen LogP contribution in [0.15, 0.2) is 176 Å². The molecule has 0 saturated heterocycles. The molecule has 0 amide bonds. The van der Waals surface area contributed by atoms with Crippen LogP contribution >= 0.6 is 11.3 Å². The monoisotopic (exact) mass is 667 g/mol. The van der Waals surface area contributed by atoms with E-state index in [0.717, 1.165) is 33.4 Å². The van der Waals surface area contributed by atoms with Crippen LogP contribution in [0.1, 0.15) is 0 Å². The van der Waals surface area contributed by atoms with Gasteiger partial charge in [0.05, 0.1) is 0 Å². The molecule has 238 valence electrons. The van der Waals surface area contributed by atoms with E-state index >= 15 is 0 Å². The molecule has 10 rings (SSSR count). The summed E-state index contributed by atoms with van der Waals surface area (Å²) < 4.78 is 2.45. The second-order valence-corrected chi connectivity index (χ2v) is 13.9. The topological polar surface area (TPSA) is 38.7 Å². The van der Waals surface area contributed by atoms with Crippen LogP contribution in [0, 0.1) is 0 Å². The summed E-state index contributed by atoms with van der Waals surface area (Å²) in [7, 11) is 0. The second-order valence-electron chi connectivity index (χ2n) is 12.8. The lowest BCUT2D eigenvalue weighted by molar-refractivity contribution is 1.08. The van der Waals surface area contributed by atoms with Crippen molar-refractivity contribution < 1.29 is 0 Å². The van der Waals surface area contributed by atoms with Crippen LogP contribution in [0.3, 0.4) is 0 Å². The average Bonchev–Trinajstić information content (AvgIpc) is 3.59. The molecule has 0 aliphatic carbocycles. The minimum atomic E-state index is 0.642. The van der Waals surface area contributed by atoms with Crippen molar-refractivity contribution in [3.05, 3.63) is 176 Å². The Hall–Kier alpha value is -6.49. The van der Waals surface area contributed by atoms with Crippen molar-refractivity contribution in [3.8, 4) is 56.4 Å². The number of rotatable bonds is 5. The fourth-order valence-corrected chi connectivity index (χ4v) is 8.46. The van der Waals surface area contributed by atoms with Gasteiger partial charge in [-0.15, -0.1) is 11.3 Å². The van der Waals surface area contributed by atoms with E-state index in [2.05, 4.69) is 158 Å². The number of thiophene rings is 1. The van der Waals surface area contributed by atoms with Gasteiger partial charge in [0.2, 0.25) is 0 Å². The van der Waals surface area contributed by atoms with Gasteiger partial charge in [-0.05, 0) is 74.1 Å². The molecule has 0 aliphatic rings. The normalized spacial score (nSPS) is 11.5. The zero-order valence-electron chi connectivity index (χ0n) is 27.5. The highest BCUT2D eigenvalue weighted by Gasteiger charge is 2.19. The van der Waals surface area contributed by atoms with Crippen LogP contribution in [0.25, 0.3) is 98.1 Å². The molecule has 2 heterocycles. The van der Waals surface area contributed by atoms with Crippen LogP contribution in [0.5, 0.6) is 0 Å². The lowest BCUT2D eigenvalue weighted by Gasteiger charge is -2.13. The lowest BCUT2D eigenvalue weighted by Crippen LogP contribution is -2.01. The predicted octanol–water partition coefficient (Wildman–Crippen LogP) is 12.9. The van der Waals surface area contributed by atoms with Gasteiger partial charge < -0.3 is 0 Å². The zero-order chi connectivity index (χ0) is 33.7. The van der Waals surface area contributed by atoms with Crippen molar-refractivity contribution in [1.29, 1.82) is 0 Å². The molecule has 0 unspecified atom stereocenters. The van der Waals surface area contributed by atoms with Gasteiger partial charge in [-0.25, -0.2) is 15.0 Å². The van der Waals surface area contributed by atoms with Gasteiger partial charge in [-0.1, -0.05) is 146 Å². The van der Waals surface area contributed by atoms with Gasteiger partial charge in [0.1, 0.15) is 0 Å². The van der Waals surface area contributed by atoms with Crippen LogP contribution in [-0.2, 0) is 0 Å². The smallest absolute Gasteiger partial charge is 0.164 e. The van der Waals surface area contributed by atoms with E-state index < -0.39 is 0 Å². The first-order chi connectivity index (χ1) is 25.3. The number of nitrogens with zero attached hydrogens (tertiary/aromatic N) is 3. The maximum Gasteiger partial charge on any atom is 0.164 e. The van der Waals surface area contributed by atoms with Crippen molar-refractivity contribution in [2.45, 2.75) is 0 Å².